The van der Waals surface area contributed by atoms with Crippen LogP contribution in [0.4, 0.5) is 0 Å². The molecule has 2 aromatic rings. The number of likely N-dealkylation sites (tertiary alicyclic amines) is 1. The van der Waals surface area contributed by atoms with Crippen LogP contribution in [0, 0.1) is 19.8 Å². The van der Waals surface area contributed by atoms with Crippen molar-refractivity contribution >= 4 is 16.8 Å². The van der Waals surface area contributed by atoms with Gasteiger partial charge in [0, 0.05) is 36.7 Å². The number of aromatic nitrogens is 1. The van der Waals surface area contributed by atoms with Gasteiger partial charge in [0.2, 0.25) is 0 Å². The molecule has 20 heavy (non-hydrogen) atoms. The predicted octanol–water partition coefficient (Wildman–Crippen LogP) is 2.24. The summed E-state index contributed by atoms with van der Waals surface area (Å²) in [6.07, 6.45) is 0.890. The number of carbonyl (C=O) groups excluding carboxylic acids is 1. The van der Waals surface area contributed by atoms with Crippen LogP contribution in [0.2, 0.25) is 0 Å². The van der Waals surface area contributed by atoms with Crippen molar-refractivity contribution in [2.24, 2.45) is 5.92 Å². The Bertz CT molecular complexity index is 660. The van der Waals surface area contributed by atoms with Crippen LogP contribution >= 0.6 is 0 Å². The summed E-state index contributed by atoms with van der Waals surface area (Å²) in [6.45, 7) is 5.65. The van der Waals surface area contributed by atoms with Crippen molar-refractivity contribution in [3.8, 4) is 0 Å². The fourth-order valence-corrected chi connectivity index (χ4v) is 3.00. The highest BCUT2D eigenvalue weighted by molar-refractivity contribution is 6.06. The van der Waals surface area contributed by atoms with Gasteiger partial charge in [0.25, 0.3) is 5.91 Å². The lowest BCUT2D eigenvalue weighted by molar-refractivity contribution is 0.0783. The molecule has 1 atom stereocenters. The van der Waals surface area contributed by atoms with E-state index in [0.29, 0.717) is 6.54 Å². The number of H-pyrrole nitrogens is 1. The second-order valence-corrected chi connectivity index (χ2v) is 5.69. The number of benzene rings is 1. The Hall–Kier alpha value is -1.81. The topological polar surface area (TPSA) is 56.3 Å². The molecule has 0 aliphatic carbocycles. The summed E-state index contributed by atoms with van der Waals surface area (Å²) >= 11 is 0. The van der Waals surface area contributed by atoms with Gasteiger partial charge in [-0.15, -0.1) is 0 Å². The van der Waals surface area contributed by atoms with Crippen LogP contribution in [0.3, 0.4) is 0 Å². The molecule has 4 nitrogen and oxygen atoms in total. The van der Waals surface area contributed by atoms with E-state index in [0.717, 1.165) is 35.1 Å². The van der Waals surface area contributed by atoms with E-state index in [4.69, 9.17) is 0 Å². The zero-order chi connectivity index (χ0) is 14.3. The standard InChI is InChI=1S/C16H20N2O2/c1-10-11(2)17-15-13(10)4-3-5-14(15)16(20)18-7-6-12(8-18)9-19/h3-5,12,17,19H,6-9H2,1-2H3. The summed E-state index contributed by atoms with van der Waals surface area (Å²) < 4.78 is 0. The third-order valence-corrected chi connectivity index (χ3v) is 4.41. The van der Waals surface area contributed by atoms with Crippen LogP contribution in [0.5, 0.6) is 0 Å². The summed E-state index contributed by atoms with van der Waals surface area (Å²) in [5, 5.41) is 10.3. The SMILES string of the molecule is Cc1[nH]c2c(C(=O)N3CCC(CO)C3)cccc2c1C. The number of hydrogen-bond acceptors (Lipinski definition) is 2. The Balaban J connectivity index is 1.98. The van der Waals surface area contributed by atoms with E-state index in [-0.39, 0.29) is 18.4 Å². The molecule has 0 bridgehead atoms. The molecule has 2 heterocycles. The number of aryl methyl sites for hydroxylation is 2. The number of nitrogens with zero attached hydrogens (tertiary/aromatic N) is 1. The van der Waals surface area contributed by atoms with Gasteiger partial charge in [0.15, 0.2) is 0 Å². The molecule has 0 radical (unpaired) electrons. The second kappa shape index (κ2) is 4.94. The molecule has 1 unspecified atom stereocenters. The van der Waals surface area contributed by atoms with Crippen molar-refractivity contribution in [3.63, 3.8) is 0 Å². The third kappa shape index (κ3) is 2.00. The van der Waals surface area contributed by atoms with Crippen molar-refractivity contribution in [2.45, 2.75) is 20.3 Å². The lowest BCUT2D eigenvalue weighted by Crippen LogP contribution is -2.29. The van der Waals surface area contributed by atoms with Gasteiger partial charge in [0.1, 0.15) is 0 Å². The third-order valence-electron chi connectivity index (χ3n) is 4.41. The van der Waals surface area contributed by atoms with E-state index in [2.05, 4.69) is 11.9 Å². The average Bonchev–Trinajstić information content (AvgIpc) is 3.04. The fraction of sp³-hybridized carbons (Fsp3) is 0.438. The molecule has 0 saturated carbocycles. The maximum Gasteiger partial charge on any atom is 0.255 e. The molecular formula is C16H20N2O2. The number of aliphatic hydroxyl groups is 1. The molecule has 1 aliphatic heterocycles. The van der Waals surface area contributed by atoms with E-state index in [1.54, 1.807) is 0 Å². The van der Waals surface area contributed by atoms with Crippen LogP contribution in [-0.4, -0.2) is 40.6 Å². The van der Waals surface area contributed by atoms with Gasteiger partial charge in [-0.05, 0) is 31.9 Å². The normalized spacial score (nSPS) is 18.9. The summed E-state index contributed by atoms with van der Waals surface area (Å²) in [7, 11) is 0. The number of amides is 1. The van der Waals surface area contributed by atoms with Gasteiger partial charge in [-0.1, -0.05) is 12.1 Å². The molecule has 3 rings (SSSR count). The fourth-order valence-electron chi connectivity index (χ4n) is 3.00. The Morgan fingerprint density at radius 2 is 2.25 bits per heavy atom. The number of fused-ring (bicyclic) bond motifs is 1. The van der Waals surface area contributed by atoms with E-state index in [9.17, 15) is 9.90 Å². The lowest BCUT2D eigenvalue weighted by Gasteiger charge is -2.16. The quantitative estimate of drug-likeness (QED) is 0.881. The van der Waals surface area contributed by atoms with E-state index in [1.165, 1.54) is 5.56 Å². The number of carbonyl (C=O) groups is 1. The minimum absolute atomic E-state index is 0.0628. The second-order valence-electron chi connectivity index (χ2n) is 5.69. The molecule has 1 saturated heterocycles. The number of rotatable bonds is 2. The number of hydrogen-bond donors (Lipinski definition) is 2. The molecule has 1 aromatic carbocycles. The molecule has 106 valence electrons. The van der Waals surface area contributed by atoms with Crippen LogP contribution in [-0.2, 0) is 0 Å². The lowest BCUT2D eigenvalue weighted by atomic mass is 10.1. The van der Waals surface area contributed by atoms with Crippen molar-refractivity contribution in [1.82, 2.24) is 9.88 Å². The highest BCUT2D eigenvalue weighted by Gasteiger charge is 2.27. The van der Waals surface area contributed by atoms with Crippen LogP contribution < -0.4 is 0 Å². The Morgan fingerprint density at radius 1 is 1.45 bits per heavy atom. The molecule has 1 fully saturated rings. The van der Waals surface area contributed by atoms with Crippen LogP contribution in [0.1, 0.15) is 28.0 Å². The van der Waals surface area contributed by atoms with Crippen molar-refractivity contribution in [2.75, 3.05) is 19.7 Å². The van der Waals surface area contributed by atoms with E-state index < -0.39 is 0 Å². The predicted molar refractivity (Wildman–Crippen MR) is 78.9 cm³/mol. The maximum absolute atomic E-state index is 12.7. The molecular weight excluding hydrogens is 252 g/mol. The van der Waals surface area contributed by atoms with E-state index >= 15 is 0 Å². The zero-order valence-electron chi connectivity index (χ0n) is 11.9. The van der Waals surface area contributed by atoms with Gasteiger partial charge < -0.3 is 15.0 Å². The first-order chi connectivity index (χ1) is 9.61. The number of nitrogens with one attached hydrogen (secondary N) is 1. The van der Waals surface area contributed by atoms with Gasteiger partial charge in [-0.25, -0.2) is 0 Å². The van der Waals surface area contributed by atoms with Crippen LogP contribution in [0.25, 0.3) is 10.9 Å². The first-order valence-electron chi connectivity index (χ1n) is 7.10. The highest BCUT2D eigenvalue weighted by atomic mass is 16.3. The first-order valence-corrected chi connectivity index (χ1v) is 7.10. The Morgan fingerprint density at radius 3 is 2.95 bits per heavy atom. The van der Waals surface area contributed by atoms with Crippen molar-refractivity contribution in [1.29, 1.82) is 0 Å². The van der Waals surface area contributed by atoms with Gasteiger partial charge in [-0.2, -0.15) is 0 Å². The average molecular weight is 272 g/mol. The number of para-hydroxylation sites is 1. The van der Waals surface area contributed by atoms with Gasteiger partial charge >= 0.3 is 0 Å². The van der Waals surface area contributed by atoms with Gasteiger partial charge in [0.05, 0.1) is 11.1 Å². The number of aromatic amines is 1. The minimum atomic E-state index is 0.0628. The molecule has 1 aromatic heterocycles. The monoisotopic (exact) mass is 272 g/mol. The van der Waals surface area contributed by atoms with Gasteiger partial charge in [-0.3, -0.25) is 4.79 Å². The zero-order valence-corrected chi connectivity index (χ0v) is 11.9. The molecule has 4 heteroatoms. The highest BCUT2D eigenvalue weighted by Crippen LogP contribution is 2.26. The summed E-state index contributed by atoms with van der Waals surface area (Å²) in [5.41, 5.74) is 3.97. The van der Waals surface area contributed by atoms with Crippen molar-refractivity contribution in [3.05, 3.63) is 35.0 Å². The summed E-state index contributed by atoms with van der Waals surface area (Å²) in [4.78, 5) is 17.8. The van der Waals surface area contributed by atoms with Crippen molar-refractivity contribution < 1.29 is 9.90 Å². The Kier molecular flexibility index (Phi) is 3.26. The molecule has 0 spiro atoms. The molecule has 2 N–H and O–H groups in total. The summed E-state index contributed by atoms with van der Waals surface area (Å²) in [5.74, 6) is 0.290. The summed E-state index contributed by atoms with van der Waals surface area (Å²) in [6, 6.07) is 5.87. The first kappa shape index (κ1) is 13.2. The minimum Gasteiger partial charge on any atom is -0.396 e. The van der Waals surface area contributed by atoms with E-state index in [1.807, 2.05) is 30.0 Å². The maximum atomic E-state index is 12.7. The number of aliphatic hydroxyl groups excluding tert-OH is 1. The van der Waals surface area contributed by atoms with Crippen LogP contribution in [0.15, 0.2) is 18.2 Å². The molecule has 1 aliphatic rings. The smallest absolute Gasteiger partial charge is 0.255 e. The Labute approximate surface area is 118 Å². The largest absolute Gasteiger partial charge is 0.396 e. The molecule has 1 amide bonds.